The Morgan fingerprint density at radius 1 is 1.00 bits per heavy atom. The Labute approximate surface area is 167 Å². The van der Waals surface area contributed by atoms with Gasteiger partial charge in [-0.25, -0.2) is 0 Å². The number of hydrogen-bond donors (Lipinski definition) is 3. The molecule has 4 heteroatoms. The summed E-state index contributed by atoms with van der Waals surface area (Å²) in [5, 5.41) is 8.89. The van der Waals surface area contributed by atoms with E-state index < -0.39 is 0 Å². The minimum Gasteiger partial charge on any atom is -0.468 e. The van der Waals surface area contributed by atoms with Crippen molar-refractivity contribution in [3.8, 4) is 0 Å². The van der Waals surface area contributed by atoms with Crippen LogP contribution in [0, 0.1) is 0 Å². The van der Waals surface area contributed by atoms with Crippen LogP contribution in [0.1, 0.15) is 73.6 Å². The molecule has 5 rings (SSSR count). The molecule has 0 radical (unpaired) electrons. The Kier molecular flexibility index (Phi) is 5.24. The number of rotatable bonds is 6. The second-order valence-electron chi connectivity index (χ2n) is 8.53. The number of furan rings is 1. The fourth-order valence-electron chi connectivity index (χ4n) is 5.08. The first-order valence-electron chi connectivity index (χ1n) is 11.0. The number of aromatic nitrogens is 1. The maximum absolute atomic E-state index is 5.40. The summed E-state index contributed by atoms with van der Waals surface area (Å²) in [5.41, 5.74) is 5.62. The fraction of sp³-hybridized carbons (Fsp3) is 0.500. The third kappa shape index (κ3) is 3.76. The van der Waals surface area contributed by atoms with Gasteiger partial charge in [0.15, 0.2) is 0 Å². The van der Waals surface area contributed by atoms with E-state index in [0.717, 1.165) is 18.8 Å². The fourth-order valence-corrected chi connectivity index (χ4v) is 5.08. The summed E-state index contributed by atoms with van der Waals surface area (Å²) in [6.45, 7) is 1.63. The van der Waals surface area contributed by atoms with Crippen LogP contribution in [0.4, 0.5) is 0 Å². The van der Waals surface area contributed by atoms with Crippen LogP contribution in [0.15, 0.2) is 41.0 Å². The summed E-state index contributed by atoms with van der Waals surface area (Å²) in [5.74, 6) is 0.983. The van der Waals surface area contributed by atoms with Crippen molar-refractivity contribution in [2.45, 2.75) is 76.5 Å². The van der Waals surface area contributed by atoms with Crippen molar-refractivity contribution in [3.63, 3.8) is 0 Å². The molecule has 0 bridgehead atoms. The highest BCUT2D eigenvalue weighted by molar-refractivity contribution is 5.85. The molecule has 2 aromatic heterocycles. The zero-order chi connectivity index (χ0) is 18.8. The van der Waals surface area contributed by atoms with E-state index in [1.165, 1.54) is 73.5 Å². The molecule has 2 aliphatic carbocycles. The van der Waals surface area contributed by atoms with Gasteiger partial charge >= 0.3 is 0 Å². The van der Waals surface area contributed by atoms with E-state index >= 15 is 0 Å². The van der Waals surface area contributed by atoms with Gasteiger partial charge in [0.2, 0.25) is 0 Å². The van der Waals surface area contributed by atoms with Crippen molar-refractivity contribution >= 4 is 10.9 Å². The standard InChI is InChI=1S/C24H31N3O/c1-2-6-18(7-3-1)26-23-10-4-9-20-21-14-17(11-12-22(21)27-24(20)23)15-25-16-19-8-5-13-28-19/h5,8,11-14,18,23,25-27H,1-4,6-7,9-10,15-16H2. The Morgan fingerprint density at radius 2 is 1.93 bits per heavy atom. The lowest BCUT2D eigenvalue weighted by Crippen LogP contribution is -2.36. The van der Waals surface area contributed by atoms with Gasteiger partial charge in [0, 0.05) is 35.2 Å². The van der Waals surface area contributed by atoms with Crippen molar-refractivity contribution in [1.29, 1.82) is 0 Å². The van der Waals surface area contributed by atoms with Crippen LogP contribution >= 0.6 is 0 Å². The molecule has 3 N–H and O–H groups in total. The predicted octanol–water partition coefficient (Wildman–Crippen LogP) is 5.35. The minimum absolute atomic E-state index is 0.500. The third-order valence-electron chi connectivity index (χ3n) is 6.52. The summed E-state index contributed by atoms with van der Waals surface area (Å²) in [6.07, 6.45) is 12.3. The smallest absolute Gasteiger partial charge is 0.117 e. The average Bonchev–Trinajstić information content (AvgIpc) is 3.37. The number of nitrogens with one attached hydrogen (secondary N) is 3. The Bertz CT molecular complexity index is 905. The van der Waals surface area contributed by atoms with Crippen LogP contribution in [-0.4, -0.2) is 11.0 Å². The Hall–Kier alpha value is -2.04. The number of fused-ring (bicyclic) bond motifs is 3. The van der Waals surface area contributed by atoms with Gasteiger partial charge in [-0.05, 0) is 67.5 Å². The molecule has 1 aromatic carbocycles. The van der Waals surface area contributed by atoms with Crippen molar-refractivity contribution in [1.82, 2.24) is 15.6 Å². The Morgan fingerprint density at radius 3 is 2.79 bits per heavy atom. The van der Waals surface area contributed by atoms with E-state index in [9.17, 15) is 0 Å². The van der Waals surface area contributed by atoms with Crippen molar-refractivity contribution in [3.05, 3.63) is 59.2 Å². The largest absolute Gasteiger partial charge is 0.468 e. The first kappa shape index (κ1) is 18.0. The van der Waals surface area contributed by atoms with Crippen LogP contribution in [0.2, 0.25) is 0 Å². The second-order valence-corrected chi connectivity index (χ2v) is 8.53. The molecule has 0 saturated heterocycles. The lowest BCUT2D eigenvalue weighted by molar-refractivity contribution is 0.318. The van der Waals surface area contributed by atoms with Crippen LogP contribution in [0.25, 0.3) is 10.9 Å². The van der Waals surface area contributed by atoms with E-state index in [2.05, 4.69) is 33.8 Å². The average molecular weight is 378 g/mol. The first-order valence-corrected chi connectivity index (χ1v) is 11.0. The molecule has 1 atom stereocenters. The first-order chi connectivity index (χ1) is 13.9. The molecule has 0 aliphatic heterocycles. The van der Waals surface area contributed by atoms with Gasteiger partial charge in [-0.1, -0.05) is 25.3 Å². The summed E-state index contributed by atoms with van der Waals surface area (Å²) in [4.78, 5) is 3.76. The van der Waals surface area contributed by atoms with E-state index in [0.29, 0.717) is 12.1 Å². The van der Waals surface area contributed by atoms with Gasteiger partial charge in [0.05, 0.1) is 12.8 Å². The zero-order valence-electron chi connectivity index (χ0n) is 16.6. The van der Waals surface area contributed by atoms with E-state index in [4.69, 9.17) is 4.42 Å². The van der Waals surface area contributed by atoms with Gasteiger partial charge in [-0.2, -0.15) is 0 Å². The number of hydrogen-bond acceptors (Lipinski definition) is 3. The normalized spacial score (nSPS) is 20.5. The molecule has 1 saturated carbocycles. The Balaban J connectivity index is 1.32. The van der Waals surface area contributed by atoms with Crippen molar-refractivity contribution in [2.75, 3.05) is 0 Å². The summed E-state index contributed by atoms with van der Waals surface area (Å²) in [6, 6.07) is 12.0. The number of H-pyrrole nitrogens is 1. The number of aromatic amines is 1. The van der Waals surface area contributed by atoms with Gasteiger partial charge in [0.25, 0.3) is 0 Å². The molecule has 28 heavy (non-hydrogen) atoms. The van der Waals surface area contributed by atoms with Crippen LogP contribution in [0.5, 0.6) is 0 Å². The lowest BCUT2D eigenvalue weighted by atomic mass is 9.89. The molecular formula is C24H31N3O. The topological polar surface area (TPSA) is 53.0 Å². The third-order valence-corrected chi connectivity index (χ3v) is 6.52. The molecule has 3 aromatic rings. The van der Waals surface area contributed by atoms with Crippen molar-refractivity contribution in [2.24, 2.45) is 0 Å². The summed E-state index contributed by atoms with van der Waals surface area (Å²) < 4.78 is 5.40. The minimum atomic E-state index is 0.500. The highest BCUT2D eigenvalue weighted by atomic mass is 16.3. The molecule has 1 fully saturated rings. The quantitative estimate of drug-likeness (QED) is 0.543. The van der Waals surface area contributed by atoms with E-state index in [1.807, 2.05) is 12.1 Å². The van der Waals surface area contributed by atoms with Gasteiger partial charge in [0.1, 0.15) is 5.76 Å². The maximum atomic E-state index is 5.40. The van der Waals surface area contributed by atoms with Crippen LogP contribution in [0.3, 0.4) is 0 Å². The highest BCUT2D eigenvalue weighted by Gasteiger charge is 2.26. The predicted molar refractivity (Wildman–Crippen MR) is 113 cm³/mol. The van der Waals surface area contributed by atoms with Gasteiger partial charge in [-0.15, -0.1) is 0 Å². The SMILES string of the molecule is c1coc(CNCc2ccc3[nH]c4c(c3c2)CCCC4NC2CCCCC2)c1. The summed E-state index contributed by atoms with van der Waals surface area (Å²) >= 11 is 0. The molecule has 148 valence electrons. The van der Waals surface area contributed by atoms with Gasteiger partial charge in [-0.3, -0.25) is 0 Å². The molecule has 0 amide bonds. The van der Waals surface area contributed by atoms with Gasteiger partial charge < -0.3 is 20.0 Å². The summed E-state index contributed by atoms with van der Waals surface area (Å²) in [7, 11) is 0. The highest BCUT2D eigenvalue weighted by Crippen LogP contribution is 2.36. The molecule has 0 spiro atoms. The number of benzene rings is 1. The van der Waals surface area contributed by atoms with E-state index in [1.54, 1.807) is 11.8 Å². The molecule has 2 heterocycles. The molecule has 4 nitrogen and oxygen atoms in total. The monoisotopic (exact) mass is 377 g/mol. The van der Waals surface area contributed by atoms with Crippen LogP contribution in [-0.2, 0) is 19.5 Å². The lowest BCUT2D eigenvalue weighted by Gasteiger charge is -2.31. The van der Waals surface area contributed by atoms with Crippen LogP contribution < -0.4 is 10.6 Å². The van der Waals surface area contributed by atoms with E-state index in [-0.39, 0.29) is 0 Å². The number of aryl methyl sites for hydroxylation is 1. The molecular weight excluding hydrogens is 346 g/mol. The second kappa shape index (κ2) is 8.14. The molecule has 1 unspecified atom stereocenters. The maximum Gasteiger partial charge on any atom is 0.117 e. The van der Waals surface area contributed by atoms with Crippen molar-refractivity contribution < 1.29 is 4.42 Å². The zero-order valence-corrected chi connectivity index (χ0v) is 16.6. The molecule has 2 aliphatic rings.